The van der Waals surface area contributed by atoms with Gasteiger partial charge in [0.1, 0.15) is 5.82 Å². The van der Waals surface area contributed by atoms with Crippen LogP contribution in [0.25, 0.3) is 10.8 Å². The highest BCUT2D eigenvalue weighted by molar-refractivity contribution is 5.90. The van der Waals surface area contributed by atoms with E-state index in [-0.39, 0.29) is 28.3 Å². The van der Waals surface area contributed by atoms with Gasteiger partial charge in [-0.25, -0.2) is 14.3 Å². The molecule has 146 valence electrons. The largest absolute Gasteiger partial charge is 0.465 e. The van der Waals surface area contributed by atoms with Crippen LogP contribution < -0.4 is 5.56 Å². The number of halogens is 4. The first kappa shape index (κ1) is 19.5. The average molecular weight is 394 g/mol. The first-order valence-corrected chi connectivity index (χ1v) is 8.11. The maximum Gasteiger partial charge on any atom is 0.393 e. The fraction of sp³-hybridized carbons (Fsp3) is 0.211. The molecule has 9 heteroatoms. The number of carbonyl (C=O) groups is 1. The SMILES string of the molecule is COC(=O)c1cc(Cc2n[nH]c(=O)c3ccc(CC(F)(F)F)cc23)ccc1F. The second-order valence-corrected chi connectivity index (χ2v) is 6.15. The number of methoxy groups -OCH3 is 1. The van der Waals surface area contributed by atoms with Crippen molar-refractivity contribution in [3.8, 4) is 0 Å². The lowest BCUT2D eigenvalue weighted by Gasteiger charge is -2.10. The van der Waals surface area contributed by atoms with Crippen molar-refractivity contribution in [1.82, 2.24) is 10.2 Å². The van der Waals surface area contributed by atoms with Crippen molar-refractivity contribution in [3.63, 3.8) is 0 Å². The highest BCUT2D eigenvalue weighted by atomic mass is 19.4. The summed E-state index contributed by atoms with van der Waals surface area (Å²) in [5, 5.41) is 6.67. The lowest BCUT2D eigenvalue weighted by atomic mass is 10.00. The molecule has 1 aromatic heterocycles. The predicted octanol–water partition coefficient (Wildman–Crippen LogP) is 3.54. The lowest BCUT2D eigenvalue weighted by Crippen LogP contribution is -2.14. The van der Waals surface area contributed by atoms with Gasteiger partial charge in [-0.2, -0.15) is 18.3 Å². The van der Waals surface area contributed by atoms with Gasteiger partial charge in [-0.1, -0.05) is 12.1 Å². The van der Waals surface area contributed by atoms with E-state index in [0.717, 1.165) is 13.2 Å². The summed E-state index contributed by atoms with van der Waals surface area (Å²) in [6, 6.07) is 7.60. The standard InChI is InChI=1S/C19H14F4N2O3/c1-28-18(27)14-6-10(3-5-15(14)20)8-16-13-7-11(9-19(21,22)23)2-4-12(13)17(26)25-24-16/h2-7H,8-9H2,1H3,(H,25,26). The Bertz CT molecular complexity index is 1110. The van der Waals surface area contributed by atoms with E-state index in [1.54, 1.807) is 0 Å². The number of alkyl halides is 3. The second kappa shape index (κ2) is 7.41. The zero-order chi connectivity index (χ0) is 20.5. The fourth-order valence-electron chi connectivity index (χ4n) is 2.89. The number of aromatic nitrogens is 2. The Morgan fingerprint density at radius 2 is 1.82 bits per heavy atom. The molecule has 5 nitrogen and oxygen atoms in total. The van der Waals surface area contributed by atoms with Crippen molar-refractivity contribution in [2.45, 2.75) is 19.0 Å². The van der Waals surface area contributed by atoms with Crippen molar-refractivity contribution in [3.05, 3.63) is 75.0 Å². The smallest absolute Gasteiger partial charge is 0.393 e. The molecular formula is C19H14F4N2O3. The summed E-state index contributed by atoms with van der Waals surface area (Å²) < 4.78 is 56.4. The van der Waals surface area contributed by atoms with Gasteiger partial charge < -0.3 is 4.74 Å². The van der Waals surface area contributed by atoms with Gasteiger partial charge in [-0.05, 0) is 35.4 Å². The van der Waals surface area contributed by atoms with Crippen LogP contribution in [0, 0.1) is 5.82 Å². The molecule has 0 aliphatic heterocycles. The molecule has 3 rings (SSSR count). The lowest BCUT2D eigenvalue weighted by molar-refractivity contribution is -0.127. The molecule has 0 unspecified atom stereocenters. The molecule has 0 spiro atoms. The normalized spacial score (nSPS) is 11.6. The number of ether oxygens (including phenoxy) is 1. The number of carbonyl (C=O) groups excluding carboxylic acids is 1. The highest BCUT2D eigenvalue weighted by Crippen LogP contribution is 2.25. The van der Waals surface area contributed by atoms with Gasteiger partial charge in [-0.3, -0.25) is 4.79 Å². The number of esters is 1. The minimum atomic E-state index is -4.39. The van der Waals surface area contributed by atoms with E-state index >= 15 is 0 Å². The molecule has 0 saturated heterocycles. The van der Waals surface area contributed by atoms with Crippen molar-refractivity contribution >= 4 is 16.7 Å². The molecule has 1 N–H and O–H groups in total. The molecular weight excluding hydrogens is 380 g/mol. The fourth-order valence-corrected chi connectivity index (χ4v) is 2.89. The third-order valence-electron chi connectivity index (χ3n) is 4.14. The number of benzene rings is 2. The monoisotopic (exact) mass is 394 g/mol. The van der Waals surface area contributed by atoms with Crippen LogP contribution in [0.4, 0.5) is 17.6 Å². The Labute approximate surface area is 156 Å². The number of nitrogens with zero attached hydrogens (tertiary/aromatic N) is 1. The first-order valence-electron chi connectivity index (χ1n) is 8.11. The molecule has 0 amide bonds. The molecule has 0 aliphatic rings. The average Bonchev–Trinajstić information content (AvgIpc) is 2.63. The Morgan fingerprint density at radius 1 is 1.11 bits per heavy atom. The van der Waals surface area contributed by atoms with E-state index in [9.17, 15) is 27.2 Å². The molecule has 0 radical (unpaired) electrons. The minimum absolute atomic E-state index is 0.0111. The van der Waals surface area contributed by atoms with E-state index in [2.05, 4.69) is 14.9 Å². The second-order valence-electron chi connectivity index (χ2n) is 6.15. The number of hydrogen-bond acceptors (Lipinski definition) is 4. The van der Waals surface area contributed by atoms with Gasteiger partial charge >= 0.3 is 12.1 Å². The topological polar surface area (TPSA) is 72.0 Å². The van der Waals surface area contributed by atoms with Gasteiger partial charge in [0, 0.05) is 11.8 Å². The molecule has 1 heterocycles. The van der Waals surface area contributed by atoms with Gasteiger partial charge in [-0.15, -0.1) is 0 Å². The zero-order valence-corrected chi connectivity index (χ0v) is 14.6. The molecule has 2 aromatic carbocycles. The van der Waals surface area contributed by atoms with E-state index in [1.807, 2.05) is 0 Å². The van der Waals surface area contributed by atoms with Gasteiger partial charge in [0.2, 0.25) is 0 Å². The van der Waals surface area contributed by atoms with Crippen molar-refractivity contribution < 1.29 is 27.1 Å². The van der Waals surface area contributed by atoms with Crippen LogP contribution in [0.1, 0.15) is 27.2 Å². The molecule has 0 aliphatic carbocycles. The Kier molecular flexibility index (Phi) is 5.17. The summed E-state index contributed by atoms with van der Waals surface area (Å²) in [5.41, 5.74) is -0.0499. The predicted molar refractivity (Wildman–Crippen MR) is 92.7 cm³/mol. The van der Waals surface area contributed by atoms with Crippen LogP contribution in [0.2, 0.25) is 0 Å². The quantitative estimate of drug-likeness (QED) is 0.543. The Morgan fingerprint density at radius 3 is 2.50 bits per heavy atom. The van der Waals surface area contributed by atoms with Crippen LogP contribution in [0.15, 0.2) is 41.2 Å². The number of fused-ring (bicyclic) bond motifs is 1. The van der Waals surface area contributed by atoms with E-state index in [4.69, 9.17) is 0 Å². The van der Waals surface area contributed by atoms with Crippen molar-refractivity contribution in [1.29, 1.82) is 0 Å². The zero-order valence-electron chi connectivity index (χ0n) is 14.6. The summed E-state index contributed by atoms with van der Waals surface area (Å²) in [7, 11) is 1.12. The van der Waals surface area contributed by atoms with Crippen molar-refractivity contribution in [2.24, 2.45) is 0 Å². The number of aromatic amines is 1. The molecule has 0 saturated carbocycles. The Hall–Kier alpha value is -3.23. The van der Waals surface area contributed by atoms with E-state index in [1.165, 1.54) is 30.3 Å². The van der Waals surface area contributed by atoms with Gasteiger partial charge in [0.25, 0.3) is 5.56 Å². The third kappa shape index (κ3) is 4.19. The van der Waals surface area contributed by atoms with Gasteiger partial charge in [0.05, 0.1) is 30.2 Å². The Balaban J connectivity index is 2.06. The number of nitrogens with one attached hydrogen (secondary N) is 1. The molecule has 0 atom stereocenters. The number of hydrogen-bond donors (Lipinski definition) is 1. The van der Waals surface area contributed by atoms with Crippen LogP contribution in [-0.2, 0) is 17.6 Å². The summed E-state index contributed by atoms with van der Waals surface area (Å²) in [6.07, 6.45) is -5.47. The molecule has 0 fully saturated rings. The number of rotatable bonds is 4. The van der Waals surface area contributed by atoms with Crippen LogP contribution in [0.5, 0.6) is 0 Å². The third-order valence-corrected chi connectivity index (χ3v) is 4.14. The summed E-state index contributed by atoms with van der Waals surface area (Å²) >= 11 is 0. The van der Waals surface area contributed by atoms with Gasteiger partial charge in [0.15, 0.2) is 0 Å². The molecule has 0 bridgehead atoms. The minimum Gasteiger partial charge on any atom is -0.465 e. The highest BCUT2D eigenvalue weighted by Gasteiger charge is 2.27. The van der Waals surface area contributed by atoms with Crippen LogP contribution in [0.3, 0.4) is 0 Å². The van der Waals surface area contributed by atoms with E-state index < -0.39 is 29.9 Å². The first-order chi connectivity index (χ1) is 13.2. The van der Waals surface area contributed by atoms with Crippen molar-refractivity contribution in [2.75, 3.05) is 7.11 Å². The molecule has 3 aromatic rings. The molecule has 28 heavy (non-hydrogen) atoms. The number of H-pyrrole nitrogens is 1. The summed E-state index contributed by atoms with van der Waals surface area (Å²) in [5.74, 6) is -1.62. The van der Waals surface area contributed by atoms with E-state index in [0.29, 0.717) is 11.3 Å². The maximum atomic E-state index is 13.8. The maximum absolute atomic E-state index is 13.8. The summed E-state index contributed by atoms with van der Waals surface area (Å²) in [4.78, 5) is 23.6. The van der Waals surface area contributed by atoms with Crippen LogP contribution >= 0.6 is 0 Å². The van der Waals surface area contributed by atoms with Crippen LogP contribution in [-0.4, -0.2) is 29.5 Å². The summed E-state index contributed by atoms with van der Waals surface area (Å²) in [6.45, 7) is 0.